The zero-order valence-corrected chi connectivity index (χ0v) is 13.4. The van der Waals surface area contributed by atoms with E-state index in [-0.39, 0.29) is 0 Å². The van der Waals surface area contributed by atoms with E-state index in [4.69, 9.17) is 5.73 Å². The van der Waals surface area contributed by atoms with Crippen LogP contribution in [0, 0.1) is 20.8 Å². The number of thioether (sulfide) groups is 1. The predicted molar refractivity (Wildman–Crippen MR) is 83.8 cm³/mol. The molecule has 0 aliphatic heterocycles. The minimum absolute atomic E-state index is 0.435. The second kappa shape index (κ2) is 6.41. The van der Waals surface area contributed by atoms with Crippen molar-refractivity contribution in [1.82, 2.24) is 14.8 Å². The second-order valence-electron chi connectivity index (χ2n) is 5.01. The molecule has 0 aliphatic carbocycles. The fraction of sp³-hybridized carbons (Fsp3) is 0.467. The van der Waals surface area contributed by atoms with Crippen LogP contribution in [0.5, 0.6) is 0 Å². The van der Waals surface area contributed by atoms with E-state index in [1.165, 1.54) is 22.3 Å². The third-order valence-corrected chi connectivity index (χ3v) is 4.47. The molecule has 20 heavy (non-hydrogen) atoms. The molecule has 0 saturated carbocycles. The Kier molecular flexibility index (Phi) is 4.83. The first kappa shape index (κ1) is 15.1. The van der Waals surface area contributed by atoms with Crippen molar-refractivity contribution in [1.29, 1.82) is 0 Å². The topological polar surface area (TPSA) is 56.7 Å². The van der Waals surface area contributed by atoms with Gasteiger partial charge in [-0.3, -0.25) is 0 Å². The van der Waals surface area contributed by atoms with Crippen molar-refractivity contribution in [3.63, 3.8) is 0 Å². The van der Waals surface area contributed by atoms with Crippen molar-refractivity contribution in [2.24, 2.45) is 5.73 Å². The maximum absolute atomic E-state index is 5.68. The third kappa shape index (κ3) is 3.04. The molecular formula is C15H22N4S. The van der Waals surface area contributed by atoms with Gasteiger partial charge in [0.25, 0.3) is 0 Å². The normalized spacial score (nSPS) is 11.1. The number of hydrogen-bond donors (Lipinski definition) is 1. The molecule has 0 spiro atoms. The number of rotatable bonds is 5. The summed E-state index contributed by atoms with van der Waals surface area (Å²) in [5.41, 5.74) is 11.1. The van der Waals surface area contributed by atoms with Gasteiger partial charge in [-0.1, -0.05) is 29.5 Å². The average molecular weight is 290 g/mol. The lowest BCUT2D eigenvalue weighted by molar-refractivity contribution is 0.643. The van der Waals surface area contributed by atoms with Gasteiger partial charge in [-0.2, -0.15) is 0 Å². The van der Waals surface area contributed by atoms with Crippen LogP contribution in [0.2, 0.25) is 0 Å². The van der Waals surface area contributed by atoms with E-state index in [2.05, 4.69) is 54.6 Å². The van der Waals surface area contributed by atoms with Crippen LogP contribution >= 0.6 is 11.8 Å². The Morgan fingerprint density at radius 3 is 2.35 bits per heavy atom. The second-order valence-corrected chi connectivity index (χ2v) is 5.96. The summed E-state index contributed by atoms with van der Waals surface area (Å²) in [7, 11) is 0. The molecule has 108 valence electrons. The highest BCUT2D eigenvalue weighted by Crippen LogP contribution is 2.26. The summed E-state index contributed by atoms with van der Waals surface area (Å²) >= 11 is 1.73. The summed E-state index contributed by atoms with van der Waals surface area (Å²) in [5.74, 6) is 1.77. The predicted octanol–water partition coefficient (Wildman–Crippen LogP) is 2.97. The van der Waals surface area contributed by atoms with E-state index in [0.717, 1.165) is 23.3 Å². The van der Waals surface area contributed by atoms with Gasteiger partial charge in [0.2, 0.25) is 0 Å². The van der Waals surface area contributed by atoms with Crippen LogP contribution in [-0.2, 0) is 18.8 Å². The molecule has 5 heteroatoms. The minimum atomic E-state index is 0.435. The highest BCUT2D eigenvalue weighted by molar-refractivity contribution is 7.98. The molecule has 0 aliphatic rings. The zero-order chi connectivity index (χ0) is 14.7. The van der Waals surface area contributed by atoms with Crippen molar-refractivity contribution in [2.75, 3.05) is 0 Å². The van der Waals surface area contributed by atoms with Crippen molar-refractivity contribution >= 4 is 11.8 Å². The molecule has 0 radical (unpaired) electrons. The monoisotopic (exact) mass is 290 g/mol. The molecule has 2 aromatic rings. The van der Waals surface area contributed by atoms with E-state index in [9.17, 15) is 0 Å². The van der Waals surface area contributed by atoms with Crippen LogP contribution in [0.1, 0.15) is 35.0 Å². The first-order valence-corrected chi connectivity index (χ1v) is 7.87. The highest BCUT2D eigenvalue weighted by Gasteiger charge is 2.11. The number of aromatic nitrogens is 3. The lowest BCUT2D eigenvalue weighted by Gasteiger charge is -2.11. The van der Waals surface area contributed by atoms with Crippen LogP contribution in [0.25, 0.3) is 0 Å². The Morgan fingerprint density at radius 1 is 1.15 bits per heavy atom. The number of aryl methyl sites for hydroxylation is 3. The number of hydrogen-bond acceptors (Lipinski definition) is 4. The molecule has 2 N–H and O–H groups in total. The minimum Gasteiger partial charge on any atom is -0.324 e. The average Bonchev–Trinajstić information content (AvgIpc) is 2.79. The van der Waals surface area contributed by atoms with Gasteiger partial charge in [0.15, 0.2) is 5.16 Å². The van der Waals surface area contributed by atoms with Gasteiger partial charge in [0.1, 0.15) is 5.82 Å². The smallest absolute Gasteiger partial charge is 0.191 e. The van der Waals surface area contributed by atoms with Gasteiger partial charge in [-0.15, -0.1) is 10.2 Å². The van der Waals surface area contributed by atoms with Crippen molar-refractivity contribution in [3.8, 4) is 0 Å². The molecule has 1 heterocycles. The van der Waals surface area contributed by atoms with Gasteiger partial charge in [0.05, 0.1) is 6.54 Å². The lowest BCUT2D eigenvalue weighted by atomic mass is 10.0. The Morgan fingerprint density at radius 2 is 1.80 bits per heavy atom. The van der Waals surface area contributed by atoms with Gasteiger partial charge in [-0.05, 0) is 44.4 Å². The summed E-state index contributed by atoms with van der Waals surface area (Å²) in [5, 5.41) is 9.34. The molecule has 0 amide bonds. The van der Waals surface area contributed by atoms with Crippen molar-refractivity contribution < 1.29 is 0 Å². The maximum atomic E-state index is 5.68. The maximum Gasteiger partial charge on any atom is 0.191 e. The Balaban J connectivity index is 2.19. The Bertz CT molecular complexity index is 581. The fourth-order valence-electron chi connectivity index (χ4n) is 2.47. The van der Waals surface area contributed by atoms with Gasteiger partial charge in [-0.25, -0.2) is 0 Å². The molecular weight excluding hydrogens is 268 g/mol. The third-order valence-electron chi connectivity index (χ3n) is 3.48. The molecule has 4 nitrogen and oxygen atoms in total. The van der Waals surface area contributed by atoms with E-state index in [1.807, 2.05) is 0 Å². The number of nitrogens with zero attached hydrogens (tertiary/aromatic N) is 3. The van der Waals surface area contributed by atoms with E-state index < -0.39 is 0 Å². The lowest BCUT2D eigenvalue weighted by Crippen LogP contribution is -2.08. The Labute approximate surface area is 124 Å². The fourth-order valence-corrected chi connectivity index (χ4v) is 3.69. The highest BCUT2D eigenvalue weighted by atomic mass is 32.2. The van der Waals surface area contributed by atoms with E-state index >= 15 is 0 Å². The standard InChI is InChI=1S/C15H22N4S/c1-5-19-14(8-16)17-18-15(19)20-9-13-11(3)6-10(2)7-12(13)4/h6-7H,5,8-9,16H2,1-4H3. The van der Waals surface area contributed by atoms with Crippen LogP contribution in [0.3, 0.4) is 0 Å². The molecule has 1 aromatic heterocycles. The molecule has 0 bridgehead atoms. The van der Waals surface area contributed by atoms with Crippen LogP contribution in [0.4, 0.5) is 0 Å². The zero-order valence-electron chi connectivity index (χ0n) is 12.6. The van der Waals surface area contributed by atoms with Gasteiger partial charge < -0.3 is 10.3 Å². The van der Waals surface area contributed by atoms with Crippen molar-refractivity contribution in [2.45, 2.75) is 51.7 Å². The van der Waals surface area contributed by atoms with Crippen LogP contribution < -0.4 is 5.73 Å². The summed E-state index contributed by atoms with van der Waals surface area (Å²) in [6.07, 6.45) is 0. The van der Waals surface area contributed by atoms with Gasteiger partial charge in [0, 0.05) is 12.3 Å². The molecule has 1 aromatic carbocycles. The van der Waals surface area contributed by atoms with E-state index in [0.29, 0.717) is 6.54 Å². The summed E-state index contributed by atoms with van der Waals surface area (Å²) in [4.78, 5) is 0. The van der Waals surface area contributed by atoms with Crippen molar-refractivity contribution in [3.05, 3.63) is 40.2 Å². The largest absolute Gasteiger partial charge is 0.324 e. The quantitative estimate of drug-likeness (QED) is 0.860. The number of benzene rings is 1. The molecule has 0 atom stereocenters. The SMILES string of the molecule is CCn1c(CN)nnc1SCc1c(C)cc(C)cc1C. The Hall–Kier alpha value is -1.33. The van der Waals surface area contributed by atoms with Crippen LogP contribution in [-0.4, -0.2) is 14.8 Å². The first-order valence-electron chi connectivity index (χ1n) is 6.88. The molecule has 2 rings (SSSR count). The summed E-state index contributed by atoms with van der Waals surface area (Å²) in [6, 6.07) is 4.47. The molecule has 0 unspecified atom stereocenters. The molecule has 0 saturated heterocycles. The number of nitrogens with two attached hydrogens (primary N) is 1. The molecule has 0 fully saturated rings. The van der Waals surface area contributed by atoms with E-state index in [1.54, 1.807) is 11.8 Å². The van der Waals surface area contributed by atoms with Gasteiger partial charge >= 0.3 is 0 Å². The summed E-state index contributed by atoms with van der Waals surface area (Å²) < 4.78 is 2.09. The van der Waals surface area contributed by atoms with Crippen LogP contribution in [0.15, 0.2) is 17.3 Å². The first-order chi connectivity index (χ1) is 9.56. The summed E-state index contributed by atoms with van der Waals surface area (Å²) in [6.45, 7) is 9.86.